The topological polar surface area (TPSA) is 62.8 Å². The predicted molar refractivity (Wildman–Crippen MR) is 27.5 cm³/mol. The zero-order valence-electron chi connectivity index (χ0n) is 3.90. The number of imidazole rings is 1. The van der Waals surface area contributed by atoms with Gasteiger partial charge in [-0.3, -0.25) is 0 Å². The lowest BCUT2D eigenvalue weighted by Crippen LogP contribution is -1.44. The Hall–Kier alpha value is -0.970. The monoisotopic (exact) mass is 132 g/mol. The highest BCUT2D eigenvalue weighted by molar-refractivity contribution is 7.51. The van der Waals surface area contributed by atoms with E-state index in [1.54, 1.807) is 18.7 Å². The van der Waals surface area contributed by atoms with E-state index >= 15 is 0 Å². The van der Waals surface area contributed by atoms with Crippen molar-refractivity contribution in [2.24, 2.45) is 0 Å². The third-order valence-electron chi connectivity index (χ3n) is 0.406. The highest BCUT2D eigenvalue weighted by atomic mass is 32.1. The van der Waals surface area contributed by atoms with Crippen LogP contribution < -0.4 is 0 Å². The first-order valence-corrected chi connectivity index (χ1v) is 2.43. The van der Waals surface area contributed by atoms with E-state index in [2.05, 4.69) is 9.97 Å². The summed E-state index contributed by atoms with van der Waals surface area (Å²) in [6.07, 6.45) is 5.08. The Bertz CT molecular complexity index is 127. The van der Waals surface area contributed by atoms with Gasteiger partial charge in [0.15, 0.2) is 0 Å². The summed E-state index contributed by atoms with van der Waals surface area (Å²) in [4.78, 5) is 6.42. The summed E-state index contributed by atoms with van der Waals surface area (Å²) in [5.41, 5.74) is 0. The van der Waals surface area contributed by atoms with Crippen LogP contribution in [0.2, 0.25) is 0 Å². The number of aromatic nitrogens is 2. The van der Waals surface area contributed by atoms with Crippen molar-refractivity contribution in [1.82, 2.24) is 9.97 Å². The molecule has 1 aromatic heterocycles. The molecule has 0 aliphatic rings. The molecule has 5 heteroatoms. The highest BCUT2D eigenvalue weighted by Crippen LogP contribution is 1.62. The van der Waals surface area contributed by atoms with E-state index in [1.807, 2.05) is 0 Å². The van der Waals surface area contributed by atoms with Crippen LogP contribution in [-0.4, -0.2) is 18.4 Å². The van der Waals surface area contributed by atoms with E-state index in [0.29, 0.717) is 0 Å². The van der Waals surface area contributed by atoms with Gasteiger partial charge in [-0.15, -0.1) is 0 Å². The number of hydrogen-bond acceptors (Lipinski definition) is 3. The van der Waals surface area contributed by atoms with Gasteiger partial charge in [-0.2, -0.15) is 8.42 Å². The smallest absolute Gasteiger partial charge is 0.335 e. The van der Waals surface area contributed by atoms with Crippen molar-refractivity contribution in [3.8, 4) is 0 Å². The van der Waals surface area contributed by atoms with Crippen molar-refractivity contribution in [1.29, 1.82) is 0 Å². The first-order chi connectivity index (χ1) is 3.91. The van der Waals surface area contributed by atoms with Gasteiger partial charge >= 0.3 is 11.6 Å². The Morgan fingerprint density at radius 2 is 2.12 bits per heavy atom. The summed E-state index contributed by atoms with van der Waals surface area (Å²) in [5, 5.41) is 0. The van der Waals surface area contributed by atoms with Crippen LogP contribution in [0.3, 0.4) is 0 Å². The standard InChI is InChI=1S/C3H4N2.O2S/c1-2-5-3-4-1;1-3-2/h1-3H,(H,4,5);. The maximum atomic E-state index is 8.29. The van der Waals surface area contributed by atoms with Crippen molar-refractivity contribution in [2.45, 2.75) is 0 Å². The molecule has 1 rings (SSSR count). The molecular formula is C3H4N2O2S. The number of nitrogens with zero attached hydrogens (tertiary/aromatic N) is 1. The van der Waals surface area contributed by atoms with E-state index in [1.165, 1.54) is 0 Å². The molecule has 4 nitrogen and oxygen atoms in total. The van der Waals surface area contributed by atoms with Crippen molar-refractivity contribution >= 4 is 11.6 Å². The Labute approximate surface area is 49.6 Å². The van der Waals surface area contributed by atoms with Crippen molar-refractivity contribution in [2.75, 3.05) is 0 Å². The molecule has 0 bridgehead atoms. The van der Waals surface area contributed by atoms with Gasteiger partial charge in [-0.25, -0.2) is 4.98 Å². The zero-order chi connectivity index (χ0) is 6.24. The van der Waals surface area contributed by atoms with Crippen LogP contribution in [0.25, 0.3) is 0 Å². The molecule has 0 aliphatic heterocycles. The molecule has 0 amide bonds. The van der Waals surface area contributed by atoms with Crippen LogP contribution in [0.1, 0.15) is 0 Å². The van der Waals surface area contributed by atoms with Crippen LogP contribution in [0.15, 0.2) is 18.7 Å². The summed E-state index contributed by atoms with van der Waals surface area (Å²) in [7, 11) is 0. The zero-order valence-corrected chi connectivity index (χ0v) is 4.72. The average molecular weight is 132 g/mol. The molecule has 1 heterocycles. The van der Waals surface area contributed by atoms with Crippen molar-refractivity contribution < 1.29 is 8.42 Å². The lowest BCUT2D eigenvalue weighted by atomic mass is 11.0. The number of H-pyrrole nitrogens is 1. The number of aromatic amines is 1. The fraction of sp³-hybridized carbons (Fsp3) is 0. The molecule has 1 aromatic rings. The maximum absolute atomic E-state index is 8.29. The second-order valence-corrected chi connectivity index (χ2v) is 0.965. The molecule has 0 saturated heterocycles. The van der Waals surface area contributed by atoms with Crippen LogP contribution in [-0.2, 0) is 11.6 Å². The van der Waals surface area contributed by atoms with Crippen molar-refractivity contribution in [3.05, 3.63) is 18.7 Å². The van der Waals surface area contributed by atoms with E-state index < -0.39 is 11.6 Å². The number of rotatable bonds is 0. The Balaban J connectivity index is 0.000000145. The molecule has 0 atom stereocenters. The van der Waals surface area contributed by atoms with E-state index in [4.69, 9.17) is 8.42 Å². The van der Waals surface area contributed by atoms with Gasteiger partial charge < -0.3 is 4.98 Å². The number of nitrogens with one attached hydrogen (secondary N) is 1. The van der Waals surface area contributed by atoms with Crippen LogP contribution in [0, 0.1) is 0 Å². The quantitative estimate of drug-likeness (QED) is 0.529. The summed E-state index contributed by atoms with van der Waals surface area (Å²) < 4.78 is 16.6. The minimum Gasteiger partial charge on any atom is -0.351 e. The summed E-state index contributed by atoms with van der Waals surface area (Å²) in [6.45, 7) is 0. The molecular weight excluding hydrogens is 128 g/mol. The van der Waals surface area contributed by atoms with Gasteiger partial charge in [0.2, 0.25) is 0 Å². The number of hydrogen-bond donors (Lipinski definition) is 1. The third-order valence-corrected chi connectivity index (χ3v) is 0.406. The first kappa shape index (κ1) is 7.03. The predicted octanol–water partition coefficient (Wildman–Crippen LogP) is -0.260. The molecule has 0 radical (unpaired) electrons. The van der Waals surface area contributed by atoms with Gasteiger partial charge in [0.05, 0.1) is 6.33 Å². The summed E-state index contributed by atoms with van der Waals surface area (Å²) in [5.74, 6) is 0. The molecule has 0 spiro atoms. The van der Waals surface area contributed by atoms with Crippen molar-refractivity contribution in [3.63, 3.8) is 0 Å². The minimum atomic E-state index is -0.750. The SMILES string of the molecule is O=S=O.c1c[nH]cn1. The largest absolute Gasteiger partial charge is 0.351 e. The minimum absolute atomic E-state index is 0.750. The van der Waals surface area contributed by atoms with E-state index in [0.717, 1.165) is 0 Å². The highest BCUT2D eigenvalue weighted by Gasteiger charge is 1.56. The van der Waals surface area contributed by atoms with Gasteiger partial charge in [0.25, 0.3) is 0 Å². The Kier molecular flexibility index (Phi) is 5.30. The van der Waals surface area contributed by atoms with Crippen LogP contribution >= 0.6 is 0 Å². The molecule has 0 fully saturated rings. The van der Waals surface area contributed by atoms with Gasteiger partial charge in [0.1, 0.15) is 0 Å². The van der Waals surface area contributed by atoms with E-state index in [-0.39, 0.29) is 0 Å². The van der Waals surface area contributed by atoms with Crippen LogP contribution in [0.4, 0.5) is 0 Å². The average Bonchev–Trinajstić information content (AvgIpc) is 2.17. The van der Waals surface area contributed by atoms with Gasteiger partial charge in [0, 0.05) is 12.4 Å². The van der Waals surface area contributed by atoms with E-state index in [9.17, 15) is 0 Å². The normalized spacial score (nSPS) is 6.50. The third kappa shape index (κ3) is 5.03. The van der Waals surface area contributed by atoms with Gasteiger partial charge in [-0.1, -0.05) is 0 Å². The Morgan fingerprint density at radius 1 is 1.50 bits per heavy atom. The molecule has 8 heavy (non-hydrogen) atoms. The molecule has 0 aliphatic carbocycles. The van der Waals surface area contributed by atoms with Crippen LogP contribution in [0.5, 0.6) is 0 Å². The fourth-order valence-electron chi connectivity index (χ4n) is 0.215. The Morgan fingerprint density at radius 3 is 2.25 bits per heavy atom. The molecule has 44 valence electrons. The lowest BCUT2D eigenvalue weighted by Gasteiger charge is -1.46. The second-order valence-electron chi connectivity index (χ2n) is 0.829. The maximum Gasteiger partial charge on any atom is 0.335 e. The summed E-state index contributed by atoms with van der Waals surface area (Å²) in [6, 6.07) is 0. The second kappa shape index (κ2) is 6.03. The molecule has 0 unspecified atom stereocenters. The van der Waals surface area contributed by atoms with Gasteiger partial charge in [-0.05, 0) is 0 Å². The molecule has 0 saturated carbocycles. The first-order valence-electron chi connectivity index (χ1n) is 1.76. The molecule has 0 aromatic carbocycles. The summed E-state index contributed by atoms with van der Waals surface area (Å²) >= 11 is -0.750. The fourth-order valence-corrected chi connectivity index (χ4v) is 0.215. The lowest BCUT2D eigenvalue weighted by molar-refractivity contribution is 0.630. The molecule has 1 N–H and O–H groups in total.